The molecule has 24 heavy (non-hydrogen) atoms. The quantitative estimate of drug-likeness (QED) is 0.685. The van der Waals surface area contributed by atoms with Crippen molar-refractivity contribution in [2.24, 2.45) is 0 Å². The third-order valence-corrected chi connectivity index (χ3v) is 4.35. The zero-order valence-corrected chi connectivity index (χ0v) is 15.4. The van der Waals surface area contributed by atoms with Crippen LogP contribution in [0.4, 0.5) is 5.69 Å². The summed E-state index contributed by atoms with van der Waals surface area (Å²) in [6, 6.07) is 14.5. The van der Waals surface area contributed by atoms with E-state index < -0.39 is 6.04 Å². The number of benzene rings is 2. The van der Waals surface area contributed by atoms with Crippen LogP contribution in [0.3, 0.4) is 0 Å². The van der Waals surface area contributed by atoms with E-state index in [1.54, 1.807) is 18.2 Å². The van der Waals surface area contributed by atoms with E-state index in [0.717, 1.165) is 18.4 Å². The zero-order valence-electron chi connectivity index (χ0n) is 13.9. The van der Waals surface area contributed by atoms with Crippen LogP contribution in [0.1, 0.15) is 38.3 Å². The molecule has 0 saturated heterocycles. The van der Waals surface area contributed by atoms with E-state index in [1.807, 2.05) is 30.3 Å². The second-order valence-electron chi connectivity index (χ2n) is 5.67. The minimum absolute atomic E-state index is 0.133. The molecule has 2 aromatic rings. The number of anilines is 1. The summed E-state index contributed by atoms with van der Waals surface area (Å²) in [5.74, 6) is -0.133. The largest absolute Gasteiger partial charge is 0.324 e. The molecular weight excluding hydrogens is 343 g/mol. The van der Waals surface area contributed by atoms with Gasteiger partial charge in [-0.2, -0.15) is 0 Å². The first-order chi connectivity index (χ1) is 11.5. The third-order valence-electron chi connectivity index (χ3n) is 3.91. The second-order valence-corrected chi connectivity index (χ2v) is 6.54. The van der Waals surface area contributed by atoms with Gasteiger partial charge in [-0.25, -0.2) is 0 Å². The number of hydrogen-bond donors (Lipinski definition) is 2. The van der Waals surface area contributed by atoms with Gasteiger partial charge in [-0.1, -0.05) is 67.4 Å². The maximum absolute atomic E-state index is 12.8. The third kappa shape index (κ3) is 5.23. The van der Waals surface area contributed by atoms with Gasteiger partial charge in [0.25, 0.3) is 0 Å². The van der Waals surface area contributed by atoms with Crippen LogP contribution in [0.5, 0.6) is 0 Å². The summed E-state index contributed by atoms with van der Waals surface area (Å²) in [6.07, 6.45) is 1.91. The molecule has 0 spiro atoms. The van der Waals surface area contributed by atoms with Crippen LogP contribution in [0.2, 0.25) is 10.0 Å². The molecule has 0 aliphatic rings. The second kappa shape index (κ2) is 9.07. The topological polar surface area (TPSA) is 41.1 Å². The molecule has 1 amide bonds. The number of rotatable bonds is 7. The first-order valence-electron chi connectivity index (χ1n) is 8.11. The SMILES string of the molecule is CCC(CC)N[C@H](C(=O)Nc1cc(Cl)cc(Cl)c1)c1ccccc1. The normalized spacial score (nSPS) is 12.2. The molecule has 0 heterocycles. The van der Waals surface area contributed by atoms with Crippen molar-refractivity contribution < 1.29 is 4.79 Å². The molecule has 0 aliphatic heterocycles. The van der Waals surface area contributed by atoms with Gasteiger partial charge in [-0.15, -0.1) is 0 Å². The lowest BCUT2D eigenvalue weighted by molar-refractivity contribution is -0.118. The maximum Gasteiger partial charge on any atom is 0.246 e. The predicted octanol–water partition coefficient (Wildman–Crippen LogP) is 5.45. The number of carbonyl (C=O) groups excluding carboxylic acids is 1. The maximum atomic E-state index is 12.8. The van der Waals surface area contributed by atoms with Crippen molar-refractivity contribution >= 4 is 34.8 Å². The summed E-state index contributed by atoms with van der Waals surface area (Å²) in [4.78, 5) is 12.8. The van der Waals surface area contributed by atoms with Crippen LogP contribution in [-0.4, -0.2) is 11.9 Å². The molecule has 0 radical (unpaired) electrons. The van der Waals surface area contributed by atoms with Crippen molar-refractivity contribution in [3.05, 3.63) is 64.1 Å². The Morgan fingerprint density at radius 2 is 1.58 bits per heavy atom. The van der Waals surface area contributed by atoms with Gasteiger partial charge in [0.1, 0.15) is 6.04 Å². The van der Waals surface area contributed by atoms with E-state index in [9.17, 15) is 4.79 Å². The number of carbonyl (C=O) groups is 1. The van der Waals surface area contributed by atoms with Gasteiger partial charge in [0.15, 0.2) is 0 Å². The molecular formula is C19H22Cl2N2O. The van der Waals surface area contributed by atoms with Gasteiger partial charge in [0, 0.05) is 21.8 Å². The van der Waals surface area contributed by atoms with Crippen molar-refractivity contribution in [1.82, 2.24) is 5.32 Å². The Bertz CT molecular complexity index is 652. The summed E-state index contributed by atoms with van der Waals surface area (Å²) in [5.41, 5.74) is 1.51. The van der Waals surface area contributed by atoms with E-state index in [4.69, 9.17) is 23.2 Å². The molecule has 0 bridgehead atoms. The fourth-order valence-corrected chi connectivity index (χ4v) is 3.10. The van der Waals surface area contributed by atoms with Gasteiger partial charge >= 0.3 is 0 Å². The van der Waals surface area contributed by atoms with Gasteiger partial charge in [-0.05, 0) is 36.6 Å². The molecule has 2 N–H and O–H groups in total. The monoisotopic (exact) mass is 364 g/mol. The lowest BCUT2D eigenvalue weighted by Gasteiger charge is -2.24. The van der Waals surface area contributed by atoms with Crippen LogP contribution in [0.25, 0.3) is 0 Å². The summed E-state index contributed by atoms with van der Waals surface area (Å²) < 4.78 is 0. The van der Waals surface area contributed by atoms with E-state index in [1.165, 1.54) is 0 Å². The van der Waals surface area contributed by atoms with Crippen LogP contribution in [0, 0.1) is 0 Å². The minimum atomic E-state index is -0.436. The van der Waals surface area contributed by atoms with E-state index >= 15 is 0 Å². The Morgan fingerprint density at radius 3 is 2.12 bits per heavy atom. The summed E-state index contributed by atoms with van der Waals surface area (Å²) >= 11 is 12.0. The van der Waals surface area contributed by atoms with E-state index in [2.05, 4.69) is 24.5 Å². The Morgan fingerprint density at radius 1 is 1.00 bits per heavy atom. The van der Waals surface area contributed by atoms with Gasteiger partial charge < -0.3 is 5.32 Å². The van der Waals surface area contributed by atoms with Crippen molar-refractivity contribution in [3.63, 3.8) is 0 Å². The lowest BCUT2D eigenvalue weighted by atomic mass is 10.0. The molecule has 0 aliphatic carbocycles. The highest BCUT2D eigenvalue weighted by Gasteiger charge is 2.23. The van der Waals surface area contributed by atoms with Crippen LogP contribution >= 0.6 is 23.2 Å². The first kappa shape index (κ1) is 18.8. The number of nitrogens with one attached hydrogen (secondary N) is 2. The molecule has 1 atom stereocenters. The van der Waals surface area contributed by atoms with Crippen LogP contribution in [-0.2, 0) is 4.79 Å². The number of hydrogen-bond acceptors (Lipinski definition) is 2. The molecule has 2 rings (SSSR count). The van der Waals surface area contributed by atoms with E-state index in [-0.39, 0.29) is 11.9 Å². The predicted molar refractivity (Wildman–Crippen MR) is 102 cm³/mol. The fourth-order valence-electron chi connectivity index (χ4n) is 2.57. The average Bonchev–Trinajstić information content (AvgIpc) is 2.55. The van der Waals surface area contributed by atoms with Crippen molar-refractivity contribution in [3.8, 4) is 0 Å². The molecule has 128 valence electrons. The van der Waals surface area contributed by atoms with Crippen molar-refractivity contribution in [1.29, 1.82) is 0 Å². The molecule has 3 nitrogen and oxygen atoms in total. The molecule has 0 aromatic heterocycles. The Hall–Kier alpha value is -1.55. The molecule has 0 saturated carbocycles. The van der Waals surface area contributed by atoms with Gasteiger partial charge in [0.05, 0.1) is 0 Å². The molecule has 5 heteroatoms. The number of amides is 1. The van der Waals surface area contributed by atoms with Crippen molar-refractivity contribution in [2.75, 3.05) is 5.32 Å². The Labute approximate surface area is 153 Å². The smallest absolute Gasteiger partial charge is 0.246 e. The zero-order chi connectivity index (χ0) is 17.5. The summed E-state index contributed by atoms with van der Waals surface area (Å²) in [6.45, 7) is 4.22. The standard InChI is InChI=1S/C19H22Cl2N2O/c1-3-16(4-2)22-18(13-8-6-5-7-9-13)19(24)23-17-11-14(20)10-15(21)12-17/h5-12,16,18,22H,3-4H2,1-2H3,(H,23,24)/t18-/m0/s1. The first-order valence-corrected chi connectivity index (χ1v) is 8.87. The highest BCUT2D eigenvalue weighted by Crippen LogP contribution is 2.24. The average molecular weight is 365 g/mol. The molecule has 2 aromatic carbocycles. The number of halogens is 2. The molecule has 0 unspecified atom stereocenters. The van der Waals surface area contributed by atoms with Crippen molar-refractivity contribution in [2.45, 2.75) is 38.8 Å². The van der Waals surface area contributed by atoms with Gasteiger partial charge in [0.2, 0.25) is 5.91 Å². The fraction of sp³-hybridized carbons (Fsp3) is 0.316. The highest BCUT2D eigenvalue weighted by molar-refractivity contribution is 6.35. The minimum Gasteiger partial charge on any atom is -0.324 e. The lowest BCUT2D eigenvalue weighted by Crippen LogP contribution is -2.39. The van der Waals surface area contributed by atoms with Gasteiger partial charge in [-0.3, -0.25) is 10.1 Å². The highest BCUT2D eigenvalue weighted by atomic mass is 35.5. The Kier molecular flexibility index (Phi) is 7.10. The molecule has 0 fully saturated rings. The Balaban J connectivity index is 2.23. The van der Waals surface area contributed by atoms with Crippen LogP contribution in [0.15, 0.2) is 48.5 Å². The van der Waals surface area contributed by atoms with E-state index in [0.29, 0.717) is 15.7 Å². The summed E-state index contributed by atoms with van der Waals surface area (Å²) in [5, 5.41) is 7.32. The van der Waals surface area contributed by atoms with Crippen LogP contribution < -0.4 is 10.6 Å². The summed E-state index contributed by atoms with van der Waals surface area (Å²) in [7, 11) is 0.